The zero-order valence-corrected chi connectivity index (χ0v) is 12.5. The number of benzene rings is 1. The number of anilines is 1. The van der Waals surface area contributed by atoms with Gasteiger partial charge in [-0.1, -0.05) is 25.4 Å². The molecule has 0 unspecified atom stereocenters. The molecule has 20 heavy (non-hydrogen) atoms. The standard InChI is InChI=1S/C14H20ClN3O2/c1-3-14(4-2,8-16)13(20)18-11-7-9(12(17)19)5-6-10(11)15/h5-7H,3-4,8,16H2,1-2H3,(H2,17,19)(H,18,20). The molecule has 0 aromatic heterocycles. The van der Waals surface area contributed by atoms with Crippen LogP contribution in [-0.2, 0) is 4.79 Å². The zero-order valence-electron chi connectivity index (χ0n) is 11.7. The quantitative estimate of drug-likeness (QED) is 0.750. The Morgan fingerprint density at radius 2 is 1.90 bits per heavy atom. The van der Waals surface area contributed by atoms with Gasteiger partial charge < -0.3 is 16.8 Å². The van der Waals surface area contributed by atoms with E-state index in [-0.39, 0.29) is 18.0 Å². The summed E-state index contributed by atoms with van der Waals surface area (Å²) < 4.78 is 0. The molecule has 0 aliphatic heterocycles. The first-order chi connectivity index (χ1) is 9.40. The van der Waals surface area contributed by atoms with E-state index in [1.54, 1.807) is 0 Å². The summed E-state index contributed by atoms with van der Waals surface area (Å²) in [4.78, 5) is 23.6. The highest BCUT2D eigenvalue weighted by molar-refractivity contribution is 6.34. The van der Waals surface area contributed by atoms with E-state index in [4.69, 9.17) is 23.1 Å². The van der Waals surface area contributed by atoms with E-state index in [2.05, 4.69) is 5.32 Å². The summed E-state index contributed by atoms with van der Waals surface area (Å²) >= 11 is 6.03. The van der Waals surface area contributed by atoms with Crippen LogP contribution in [0.25, 0.3) is 0 Å². The Balaban J connectivity index is 3.06. The highest BCUT2D eigenvalue weighted by Gasteiger charge is 2.33. The molecule has 0 aliphatic rings. The molecule has 2 amide bonds. The van der Waals surface area contributed by atoms with Crippen LogP contribution in [-0.4, -0.2) is 18.4 Å². The molecule has 1 rings (SSSR count). The molecule has 0 saturated carbocycles. The molecule has 5 N–H and O–H groups in total. The SMILES string of the molecule is CCC(CC)(CN)C(=O)Nc1cc(C(N)=O)ccc1Cl. The van der Waals surface area contributed by atoms with E-state index >= 15 is 0 Å². The van der Waals surface area contributed by atoms with Gasteiger partial charge in [0, 0.05) is 12.1 Å². The predicted octanol–water partition coefficient (Wildman–Crippen LogP) is 2.14. The lowest BCUT2D eigenvalue weighted by Gasteiger charge is -2.28. The first-order valence-corrected chi connectivity index (χ1v) is 6.89. The second kappa shape index (κ2) is 6.72. The molecule has 1 aromatic carbocycles. The minimum atomic E-state index is -0.633. The third-order valence-corrected chi connectivity index (χ3v) is 4.05. The molecule has 0 atom stereocenters. The van der Waals surface area contributed by atoms with E-state index in [1.807, 2.05) is 13.8 Å². The molecule has 0 bridgehead atoms. The van der Waals surface area contributed by atoms with E-state index in [1.165, 1.54) is 18.2 Å². The van der Waals surface area contributed by atoms with Crippen molar-refractivity contribution in [3.63, 3.8) is 0 Å². The van der Waals surface area contributed by atoms with Gasteiger partial charge in [-0.25, -0.2) is 0 Å². The third-order valence-electron chi connectivity index (χ3n) is 3.73. The third kappa shape index (κ3) is 3.29. The number of amides is 2. The van der Waals surface area contributed by atoms with Crippen LogP contribution >= 0.6 is 11.6 Å². The second-order valence-electron chi connectivity index (χ2n) is 4.70. The summed E-state index contributed by atoms with van der Waals surface area (Å²) in [7, 11) is 0. The van der Waals surface area contributed by atoms with Crippen LogP contribution in [0.2, 0.25) is 5.02 Å². The number of hydrogen-bond acceptors (Lipinski definition) is 3. The number of halogens is 1. The number of primary amides is 1. The van der Waals surface area contributed by atoms with Crippen molar-refractivity contribution in [2.24, 2.45) is 16.9 Å². The molecule has 0 radical (unpaired) electrons. The normalized spacial score (nSPS) is 11.2. The highest BCUT2D eigenvalue weighted by Crippen LogP contribution is 2.29. The summed E-state index contributed by atoms with van der Waals surface area (Å²) in [6.07, 6.45) is 1.25. The average Bonchev–Trinajstić information content (AvgIpc) is 2.43. The molecule has 1 aromatic rings. The van der Waals surface area contributed by atoms with Crippen molar-refractivity contribution < 1.29 is 9.59 Å². The van der Waals surface area contributed by atoms with Crippen LogP contribution in [0.3, 0.4) is 0 Å². The van der Waals surface area contributed by atoms with Crippen molar-refractivity contribution in [1.29, 1.82) is 0 Å². The molecule has 0 heterocycles. The summed E-state index contributed by atoms with van der Waals surface area (Å²) in [6, 6.07) is 4.50. The van der Waals surface area contributed by atoms with Gasteiger partial charge in [-0.2, -0.15) is 0 Å². The van der Waals surface area contributed by atoms with Crippen LogP contribution in [0, 0.1) is 5.41 Å². The molecular formula is C14H20ClN3O2. The summed E-state index contributed by atoms with van der Waals surface area (Å²) in [6.45, 7) is 4.08. The number of nitrogens with two attached hydrogens (primary N) is 2. The van der Waals surface area contributed by atoms with Crippen LogP contribution in [0.15, 0.2) is 18.2 Å². The molecule has 0 spiro atoms. The van der Waals surface area contributed by atoms with E-state index in [0.29, 0.717) is 23.6 Å². The van der Waals surface area contributed by atoms with Crippen molar-refractivity contribution in [3.05, 3.63) is 28.8 Å². The largest absolute Gasteiger partial charge is 0.366 e. The monoisotopic (exact) mass is 297 g/mol. The van der Waals surface area contributed by atoms with Gasteiger partial charge in [0.25, 0.3) is 0 Å². The van der Waals surface area contributed by atoms with E-state index < -0.39 is 11.3 Å². The van der Waals surface area contributed by atoms with Gasteiger partial charge in [0.05, 0.1) is 16.1 Å². The Morgan fingerprint density at radius 1 is 1.30 bits per heavy atom. The highest BCUT2D eigenvalue weighted by atomic mass is 35.5. The van der Waals surface area contributed by atoms with Crippen molar-refractivity contribution in [1.82, 2.24) is 0 Å². The van der Waals surface area contributed by atoms with Gasteiger partial charge in [-0.3, -0.25) is 9.59 Å². The summed E-state index contributed by atoms with van der Waals surface area (Å²) in [5.41, 5.74) is 11.0. The van der Waals surface area contributed by atoms with Crippen LogP contribution in [0.4, 0.5) is 5.69 Å². The fourth-order valence-corrected chi connectivity index (χ4v) is 2.15. The molecule has 6 heteroatoms. The average molecular weight is 298 g/mol. The Morgan fingerprint density at radius 3 is 2.35 bits per heavy atom. The molecule has 0 fully saturated rings. The Hall–Kier alpha value is -1.59. The first-order valence-electron chi connectivity index (χ1n) is 6.51. The maximum atomic E-state index is 12.4. The van der Waals surface area contributed by atoms with Crippen LogP contribution in [0.1, 0.15) is 37.0 Å². The van der Waals surface area contributed by atoms with Gasteiger partial charge in [0.2, 0.25) is 11.8 Å². The lowest BCUT2D eigenvalue weighted by Crippen LogP contribution is -2.41. The second-order valence-corrected chi connectivity index (χ2v) is 5.11. The number of hydrogen-bond donors (Lipinski definition) is 3. The van der Waals surface area contributed by atoms with Gasteiger partial charge in [0.15, 0.2) is 0 Å². The number of nitrogens with one attached hydrogen (secondary N) is 1. The molecule has 0 aliphatic carbocycles. The van der Waals surface area contributed by atoms with Crippen molar-refractivity contribution in [2.45, 2.75) is 26.7 Å². The smallest absolute Gasteiger partial charge is 0.248 e. The first kappa shape index (κ1) is 16.5. The minimum Gasteiger partial charge on any atom is -0.366 e. The van der Waals surface area contributed by atoms with Crippen LogP contribution in [0.5, 0.6) is 0 Å². The maximum Gasteiger partial charge on any atom is 0.248 e. The number of carbonyl (C=O) groups excluding carboxylic acids is 2. The van der Waals surface area contributed by atoms with E-state index in [9.17, 15) is 9.59 Å². The molecule has 0 saturated heterocycles. The Kier molecular flexibility index (Phi) is 5.53. The van der Waals surface area contributed by atoms with Crippen LogP contribution < -0.4 is 16.8 Å². The lowest BCUT2D eigenvalue weighted by molar-refractivity contribution is -0.125. The zero-order chi connectivity index (χ0) is 15.3. The van der Waals surface area contributed by atoms with E-state index in [0.717, 1.165) is 0 Å². The summed E-state index contributed by atoms with van der Waals surface area (Å²) in [5, 5.41) is 3.09. The summed E-state index contributed by atoms with van der Waals surface area (Å²) in [5.74, 6) is -0.776. The van der Waals surface area contributed by atoms with Gasteiger partial charge >= 0.3 is 0 Å². The number of rotatable bonds is 6. The van der Waals surface area contributed by atoms with Gasteiger partial charge in [0.1, 0.15) is 0 Å². The van der Waals surface area contributed by atoms with Gasteiger partial charge in [-0.05, 0) is 31.0 Å². The van der Waals surface area contributed by atoms with Crippen molar-refractivity contribution >= 4 is 29.1 Å². The maximum absolute atomic E-state index is 12.4. The Labute approximate surface area is 123 Å². The molecule has 5 nitrogen and oxygen atoms in total. The fraction of sp³-hybridized carbons (Fsp3) is 0.429. The predicted molar refractivity (Wildman–Crippen MR) is 80.7 cm³/mol. The molecule has 110 valence electrons. The van der Waals surface area contributed by atoms with Crippen molar-refractivity contribution in [3.8, 4) is 0 Å². The fourth-order valence-electron chi connectivity index (χ4n) is 1.98. The van der Waals surface area contributed by atoms with Crippen molar-refractivity contribution in [2.75, 3.05) is 11.9 Å². The van der Waals surface area contributed by atoms with Gasteiger partial charge in [-0.15, -0.1) is 0 Å². The Bertz CT molecular complexity index is 505. The lowest BCUT2D eigenvalue weighted by atomic mass is 9.81. The number of carbonyl (C=O) groups is 2. The minimum absolute atomic E-state index is 0.200. The topological polar surface area (TPSA) is 98.2 Å². The molecular weight excluding hydrogens is 278 g/mol.